The van der Waals surface area contributed by atoms with Gasteiger partial charge in [0.25, 0.3) is 0 Å². The van der Waals surface area contributed by atoms with Crippen molar-refractivity contribution < 1.29 is 9.53 Å². The maximum absolute atomic E-state index is 12.3. The highest BCUT2D eigenvalue weighted by atomic mass is 32.2. The zero-order valence-corrected chi connectivity index (χ0v) is 16.3. The Bertz CT molecular complexity index is 772. The molecule has 0 radical (unpaired) electrons. The number of hydrogen-bond acceptors (Lipinski definition) is 6. The minimum Gasteiger partial charge on any atom is -0.378 e. The van der Waals surface area contributed by atoms with Crippen LogP contribution in [0.25, 0.3) is 5.69 Å². The Hall–Kier alpha value is -2.06. The number of anilines is 1. The molecule has 27 heavy (non-hydrogen) atoms. The summed E-state index contributed by atoms with van der Waals surface area (Å²) in [4.78, 5) is 14.5. The fourth-order valence-electron chi connectivity index (χ4n) is 3.27. The molecule has 1 N–H and O–H groups in total. The molecule has 4 rings (SSSR count). The molecule has 8 heteroatoms. The molecule has 2 heterocycles. The van der Waals surface area contributed by atoms with Gasteiger partial charge < -0.3 is 15.0 Å². The lowest BCUT2D eigenvalue weighted by molar-refractivity contribution is -0.119. The lowest BCUT2D eigenvalue weighted by Crippen LogP contribution is -2.38. The molecule has 1 saturated heterocycles. The number of hydrogen-bond donors (Lipinski definition) is 1. The van der Waals surface area contributed by atoms with Gasteiger partial charge >= 0.3 is 0 Å². The van der Waals surface area contributed by atoms with Crippen molar-refractivity contribution in [1.29, 1.82) is 0 Å². The molecule has 2 aromatic rings. The van der Waals surface area contributed by atoms with Crippen LogP contribution in [0, 0.1) is 5.92 Å². The van der Waals surface area contributed by atoms with Crippen LogP contribution < -0.4 is 10.2 Å². The first-order valence-corrected chi connectivity index (χ1v) is 10.5. The molecule has 1 amide bonds. The summed E-state index contributed by atoms with van der Waals surface area (Å²) in [7, 11) is 0. The van der Waals surface area contributed by atoms with E-state index < -0.39 is 0 Å². The topological polar surface area (TPSA) is 72.3 Å². The van der Waals surface area contributed by atoms with Crippen LogP contribution in [0.1, 0.15) is 19.8 Å². The normalized spacial score (nSPS) is 18.3. The predicted molar refractivity (Wildman–Crippen MR) is 105 cm³/mol. The van der Waals surface area contributed by atoms with E-state index in [1.165, 1.54) is 24.6 Å². The molecule has 1 aromatic heterocycles. The number of morpholine rings is 1. The number of carbonyl (C=O) groups is 1. The van der Waals surface area contributed by atoms with Crippen LogP contribution >= 0.6 is 11.8 Å². The minimum absolute atomic E-state index is 0.0509. The van der Waals surface area contributed by atoms with Crippen molar-refractivity contribution in [2.24, 2.45) is 5.92 Å². The van der Waals surface area contributed by atoms with E-state index in [2.05, 4.69) is 27.3 Å². The van der Waals surface area contributed by atoms with Gasteiger partial charge in [-0.1, -0.05) is 30.0 Å². The second-order valence-corrected chi connectivity index (χ2v) is 7.98. The Kier molecular flexibility index (Phi) is 5.63. The largest absolute Gasteiger partial charge is 0.378 e. The summed E-state index contributed by atoms with van der Waals surface area (Å²) in [6.45, 7) is 5.03. The van der Waals surface area contributed by atoms with Crippen molar-refractivity contribution in [2.45, 2.75) is 31.0 Å². The van der Waals surface area contributed by atoms with Gasteiger partial charge in [0.1, 0.15) is 0 Å². The van der Waals surface area contributed by atoms with E-state index in [4.69, 9.17) is 4.74 Å². The first-order valence-electron chi connectivity index (χ1n) is 9.48. The van der Waals surface area contributed by atoms with E-state index in [9.17, 15) is 4.79 Å². The van der Waals surface area contributed by atoms with E-state index in [-0.39, 0.29) is 11.9 Å². The smallest absolute Gasteiger partial charge is 0.232 e. The van der Waals surface area contributed by atoms with Crippen molar-refractivity contribution >= 4 is 23.6 Å². The fourth-order valence-corrected chi connectivity index (χ4v) is 4.02. The quantitative estimate of drug-likeness (QED) is 0.734. The molecule has 7 nitrogen and oxygen atoms in total. The standard InChI is InChI=1S/C19H25N5O2S/c1-14(15-7-8-15)20-17(25)13-27-19-22-21-18(23-9-11-26-12-10-23)24(19)16-5-3-2-4-6-16/h2-6,14-15H,7-13H2,1H3,(H,20,25)/t14-/m0/s1. The summed E-state index contributed by atoms with van der Waals surface area (Å²) in [5, 5.41) is 12.6. The minimum atomic E-state index is 0.0509. The van der Waals surface area contributed by atoms with Gasteiger partial charge in [0.15, 0.2) is 5.16 Å². The number of aromatic nitrogens is 3. The van der Waals surface area contributed by atoms with Crippen LogP contribution in [-0.2, 0) is 9.53 Å². The van der Waals surface area contributed by atoms with E-state index in [0.29, 0.717) is 24.9 Å². The zero-order valence-electron chi connectivity index (χ0n) is 15.5. The molecular weight excluding hydrogens is 362 g/mol. The van der Waals surface area contributed by atoms with Crippen molar-refractivity contribution in [3.8, 4) is 5.69 Å². The number of thioether (sulfide) groups is 1. The molecule has 1 aliphatic carbocycles. The summed E-state index contributed by atoms with van der Waals surface area (Å²) in [6, 6.07) is 10.3. The number of benzene rings is 1. The van der Waals surface area contributed by atoms with E-state index in [1.54, 1.807) is 0 Å². The molecule has 1 saturated carbocycles. The molecule has 0 spiro atoms. The van der Waals surface area contributed by atoms with Gasteiger partial charge in [0.2, 0.25) is 11.9 Å². The number of carbonyl (C=O) groups excluding carboxylic acids is 1. The summed E-state index contributed by atoms with van der Waals surface area (Å²) in [5.74, 6) is 1.85. The van der Waals surface area contributed by atoms with Crippen LogP contribution in [0.15, 0.2) is 35.5 Å². The van der Waals surface area contributed by atoms with Crippen molar-refractivity contribution in [3.63, 3.8) is 0 Å². The maximum atomic E-state index is 12.3. The van der Waals surface area contributed by atoms with E-state index >= 15 is 0 Å². The average Bonchev–Trinajstić information content (AvgIpc) is 3.47. The third kappa shape index (κ3) is 4.44. The Morgan fingerprint density at radius 2 is 2.00 bits per heavy atom. The molecule has 0 unspecified atom stereocenters. The number of nitrogens with one attached hydrogen (secondary N) is 1. The highest BCUT2D eigenvalue weighted by Crippen LogP contribution is 2.32. The molecule has 1 aromatic carbocycles. The number of para-hydroxylation sites is 1. The van der Waals surface area contributed by atoms with Gasteiger partial charge in [-0.15, -0.1) is 10.2 Å². The zero-order chi connectivity index (χ0) is 18.6. The highest BCUT2D eigenvalue weighted by Gasteiger charge is 2.29. The van der Waals surface area contributed by atoms with E-state index in [0.717, 1.165) is 29.9 Å². The van der Waals surface area contributed by atoms with Crippen LogP contribution in [0.2, 0.25) is 0 Å². The monoisotopic (exact) mass is 387 g/mol. The SMILES string of the molecule is C[C@H](NC(=O)CSc1nnc(N2CCOCC2)n1-c1ccccc1)C1CC1. The Morgan fingerprint density at radius 1 is 1.26 bits per heavy atom. The Balaban J connectivity index is 1.51. The number of nitrogens with zero attached hydrogens (tertiary/aromatic N) is 4. The van der Waals surface area contributed by atoms with E-state index in [1.807, 2.05) is 34.9 Å². The number of rotatable bonds is 7. The van der Waals surface area contributed by atoms with Crippen LogP contribution in [0.5, 0.6) is 0 Å². The Labute approximate surface area is 163 Å². The summed E-state index contributed by atoms with van der Waals surface area (Å²) in [6.07, 6.45) is 2.44. The molecule has 2 aliphatic rings. The second kappa shape index (κ2) is 8.31. The fraction of sp³-hybridized carbons (Fsp3) is 0.526. The number of amides is 1. The van der Waals surface area contributed by atoms with Gasteiger partial charge in [-0.05, 0) is 37.8 Å². The molecule has 1 aliphatic heterocycles. The molecule has 2 fully saturated rings. The Morgan fingerprint density at radius 3 is 2.70 bits per heavy atom. The lowest BCUT2D eigenvalue weighted by Gasteiger charge is -2.27. The van der Waals surface area contributed by atoms with Crippen molar-refractivity contribution in [1.82, 2.24) is 20.1 Å². The molecular formula is C19H25N5O2S. The summed E-state index contributed by atoms with van der Waals surface area (Å²) < 4.78 is 7.49. The first-order chi connectivity index (χ1) is 13.2. The first kappa shape index (κ1) is 18.3. The second-order valence-electron chi connectivity index (χ2n) is 7.04. The van der Waals surface area contributed by atoms with Gasteiger partial charge in [-0.2, -0.15) is 0 Å². The summed E-state index contributed by atoms with van der Waals surface area (Å²) >= 11 is 1.43. The predicted octanol–water partition coefficient (Wildman–Crippen LogP) is 2.11. The van der Waals surface area contributed by atoms with Crippen molar-refractivity contribution in [3.05, 3.63) is 30.3 Å². The van der Waals surface area contributed by atoms with Gasteiger partial charge in [-0.3, -0.25) is 9.36 Å². The average molecular weight is 388 g/mol. The molecule has 144 valence electrons. The number of ether oxygens (including phenoxy) is 1. The third-order valence-electron chi connectivity index (χ3n) is 4.97. The van der Waals surface area contributed by atoms with Crippen LogP contribution in [0.4, 0.5) is 5.95 Å². The van der Waals surface area contributed by atoms with Gasteiger partial charge in [-0.25, -0.2) is 0 Å². The van der Waals surface area contributed by atoms with Gasteiger partial charge in [0, 0.05) is 19.1 Å². The summed E-state index contributed by atoms with van der Waals surface area (Å²) in [5.41, 5.74) is 0.998. The molecule has 1 atom stereocenters. The van der Waals surface area contributed by atoms with Crippen molar-refractivity contribution in [2.75, 3.05) is 37.0 Å². The maximum Gasteiger partial charge on any atom is 0.232 e. The van der Waals surface area contributed by atoms with Crippen LogP contribution in [-0.4, -0.2) is 58.8 Å². The lowest BCUT2D eigenvalue weighted by atomic mass is 10.2. The van der Waals surface area contributed by atoms with Gasteiger partial charge in [0.05, 0.1) is 24.7 Å². The third-order valence-corrected chi connectivity index (χ3v) is 5.90. The van der Waals surface area contributed by atoms with Crippen LogP contribution in [0.3, 0.4) is 0 Å². The highest BCUT2D eigenvalue weighted by molar-refractivity contribution is 7.99. The molecule has 0 bridgehead atoms.